The number of carbonyl (C=O) groups is 1. The van der Waals surface area contributed by atoms with Gasteiger partial charge < -0.3 is 20.8 Å². The fourth-order valence-electron chi connectivity index (χ4n) is 1.52. The molecule has 1 amide bonds. The molecule has 1 saturated heterocycles. The molecule has 2 rings (SSSR count). The second kappa shape index (κ2) is 3.43. The number of rotatable bonds is 1. The van der Waals surface area contributed by atoms with E-state index < -0.39 is 6.10 Å². The van der Waals surface area contributed by atoms with Crippen LogP contribution in [0.2, 0.25) is 0 Å². The second-order valence-electron chi connectivity index (χ2n) is 3.64. The Kier molecular flexibility index (Phi) is 2.24. The Labute approximate surface area is 86.7 Å². The van der Waals surface area contributed by atoms with Gasteiger partial charge in [0.05, 0.1) is 11.7 Å². The van der Waals surface area contributed by atoms with Crippen molar-refractivity contribution in [1.82, 2.24) is 4.90 Å². The van der Waals surface area contributed by atoms with Crippen molar-refractivity contribution in [2.45, 2.75) is 6.10 Å². The van der Waals surface area contributed by atoms with Gasteiger partial charge in [-0.1, -0.05) is 0 Å². The molecule has 0 radical (unpaired) electrons. The summed E-state index contributed by atoms with van der Waals surface area (Å²) in [6.45, 7) is 0.655. The summed E-state index contributed by atoms with van der Waals surface area (Å²) < 4.78 is 0. The highest BCUT2D eigenvalue weighted by Gasteiger charge is 2.30. The third-order valence-corrected chi connectivity index (χ3v) is 2.42. The summed E-state index contributed by atoms with van der Waals surface area (Å²) >= 11 is 0. The molecular formula is C10H12N2O3. The summed E-state index contributed by atoms with van der Waals surface area (Å²) in [6.07, 6.45) is -0.438. The van der Waals surface area contributed by atoms with Crippen LogP contribution in [0.5, 0.6) is 5.75 Å². The van der Waals surface area contributed by atoms with Crippen molar-refractivity contribution in [2.75, 3.05) is 18.8 Å². The number of amides is 1. The van der Waals surface area contributed by atoms with Gasteiger partial charge in [0.15, 0.2) is 0 Å². The molecule has 1 fully saturated rings. The van der Waals surface area contributed by atoms with Crippen LogP contribution in [0.1, 0.15) is 10.4 Å². The van der Waals surface area contributed by atoms with Crippen molar-refractivity contribution in [3.8, 4) is 5.75 Å². The molecule has 0 spiro atoms. The Bertz CT molecular complexity index is 400. The molecule has 0 aromatic heterocycles. The summed E-state index contributed by atoms with van der Waals surface area (Å²) in [5.74, 6) is -0.248. The Balaban J connectivity index is 2.22. The van der Waals surface area contributed by atoms with Crippen LogP contribution < -0.4 is 5.73 Å². The number of hydrogen-bond donors (Lipinski definition) is 3. The number of likely N-dealkylation sites (tertiary alicyclic amines) is 1. The number of aliphatic hydroxyl groups excluding tert-OH is 1. The zero-order valence-electron chi connectivity index (χ0n) is 8.05. The van der Waals surface area contributed by atoms with E-state index in [1.165, 1.54) is 23.1 Å². The van der Waals surface area contributed by atoms with Gasteiger partial charge in [-0.15, -0.1) is 0 Å². The molecule has 4 N–H and O–H groups in total. The molecular weight excluding hydrogens is 196 g/mol. The van der Waals surface area contributed by atoms with Gasteiger partial charge in [0, 0.05) is 18.8 Å². The lowest BCUT2D eigenvalue weighted by Gasteiger charge is -2.36. The van der Waals surface area contributed by atoms with E-state index in [-0.39, 0.29) is 17.2 Å². The molecule has 1 aliphatic rings. The molecule has 1 aromatic carbocycles. The molecule has 0 aliphatic carbocycles. The Hall–Kier alpha value is -1.75. The monoisotopic (exact) mass is 208 g/mol. The lowest BCUT2D eigenvalue weighted by atomic mass is 10.1. The number of β-amino-alcohol motifs (C(OH)–C–C–N with tert-alkyl or cyclic N) is 1. The number of anilines is 1. The van der Waals surface area contributed by atoms with Crippen LogP contribution in [0.4, 0.5) is 5.69 Å². The molecule has 0 bridgehead atoms. The van der Waals surface area contributed by atoms with E-state index in [9.17, 15) is 9.90 Å². The maximum Gasteiger partial charge on any atom is 0.256 e. The summed E-state index contributed by atoms with van der Waals surface area (Å²) in [5.41, 5.74) is 6.23. The van der Waals surface area contributed by atoms with Crippen molar-refractivity contribution in [3.05, 3.63) is 23.8 Å². The normalized spacial score (nSPS) is 16.2. The van der Waals surface area contributed by atoms with Crippen molar-refractivity contribution < 1.29 is 15.0 Å². The van der Waals surface area contributed by atoms with Crippen LogP contribution in [0.25, 0.3) is 0 Å². The highest BCUT2D eigenvalue weighted by atomic mass is 16.3. The maximum absolute atomic E-state index is 11.8. The fraction of sp³-hybridized carbons (Fsp3) is 0.300. The van der Waals surface area contributed by atoms with E-state index in [2.05, 4.69) is 0 Å². The average molecular weight is 208 g/mol. The summed E-state index contributed by atoms with van der Waals surface area (Å²) in [5, 5.41) is 18.3. The number of hydrogen-bond acceptors (Lipinski definition) is 4. The van der Waals surface area contributed by atoms with Crippen LogP contribution in [0, 0.1) is 0 Å². The predicted molar refractivity (Wildman–Crippen MR) is 54.4 cm³/mol. The van der Waals surface area contributed by atoms with Crippen molar-refractivity contribution in [1.29, 1.82) is 0 Å². The van der Waals surface area contributed by atoms with E-state index >= 15 is 0 Å². The quantitative estimate of drug-likeness (QED) is 0.440. The number of phenolic OH excluding ortho intramolecular Hbond substituents is 1. The Morgan fingerprint density at radius 2 is 2.13 bits per heavy atom. The first-order chi connectivity index (χ1) is 7.08. The van der Waals surface area contributed by atoms with E-state index in [0.717, 1.165) is 0 Å². The molecule has 1 heterocycles. The molecule has 0 atom stereocenters. The number of aromatic hydroxyl groups is 1. The van der Waals surface area contributed by atoms with Crippen LogP contribution in [-0.4, -0.2) is 40.2 Å². The molecule has 5 nitrogen and oxygen atoms in total. The van der Waals surface area contributed by atoms with Gasteiger partial charge in [0.1, 0.15) is 5.75 Å². The molecule has 0 saturated carbocycles. The number of benzene rings is 1. The van der Waals surface area contributed by atoms with Crippen molar-refractivity contribution >= 4 is 11.6 Å². The number of nitrogens with zero attached hydrogens (tertiary/aromatic N) is 1. The first kappa shape index (κ1) is 9.79. The minimum Gasteiger partial charge on any atom is -0.508 e. The maximum atomic E-state index is 11.8. The Morgan fingerprint density at radius 3 is 2.73 bits per heavy atom. The zero-order valence-corrected chi connectivity index (χ0v) is 8.05. The first-order valence-electron chi connectivity index (χ1n) is 4.64. The smallest absolute Gasteiger partial charge is 0.256 e. The van der Waals surface area contributed by atoms with Gasteiger partial charge in [-0.3, -0.25) is 4.79 Å². The van der Waals surface area contributed by atoms with E-state index in [1.54, 1.807) is 0 Å². The highest BCUT2D eigenvalue weighted by Crippen LogP contribution is 2.22. The van der Waals surface area contributed by atoms with Crippen molar-refractivity contribution in [2.24, 2.45) is 0 Å². The van der Waals surface area contributed by atoms with Crippen molar-refractivity contribution in [3.63, 3.8) is 0 Å². The third-order valence-electron chi connectivity index (χ3n) is 2.42. The van der Waals surface area contributed by atoms with Gasteiger partial charge in [0.2, 0.25) is 0 Å². The van der Waals surface area contributed by atoms with E-state index in [0.29, 0.717) is 18.8 Å². The lowest BCUT2D eigenvalue weighted by molar-refractivity contribution is 0.00595. The molecule has 80 valence electrons. The molecule has 1 aliphatic heterocycles. The summed E-state index contributed by atoms with van der Waals surface area (Å²) in [6, 6.07) is 4.25. The third kappa shape index (κ3) is 1.73. The molecule has 5 heteroatoms. The molecule has 0 unspecified atom stereocenters. The standard InChI is InChI=1S/C10H12N2O3/c11-9-2-1-6(13)3-8(9)10(15)12-4-7(14)5-12/h1-3,7,13-14H,4-5,11H2. The highest BCUT2D eigenvalue weighted by molar-refractivity contribution is 6.00. The summed E-state index contributed by atoms with van der Waals surface area (Å²) in [7, 11) is 0. The molecule has 15 heavy (non-hydrogen) atoms. The summed E-state index contributed by atoms with van der Waals surface area (Å²) in [4.78, 5) is 13.3. The van der Waals surface area contributed by atoms with Crippen LogP contribution in [0.15, 0.2) is 18.2 Å². The van der Waals surface area contributed by atoms with Crippen LogP contribution in [0.3, 0.4) is 0 Å². The van der Waals surface area contributed by atoms with Gasteiger partial charge in [-0.05, 0) is 18.2 Å². The number of aliphatic hydroxyl groups is 1. The van der Waals surface area contributed by atoms with Crippen LogP contribution in [-0.2, 0) is 0 Å². The minimum absolute atomic E-state index is 0.00798. The fourth-order valence-corrected chi connectivity index (χ4v) is 1.52. The topological polar surface area (TPSA) is 86.8 Å². The number of nitrogen functional groups attached to an aromatic ring is 1. The Morgan fingerprint density at radius 1 is 1.47 bits per heavy atom. The largest absolute Gasteiger partial charge is 0.508 e. The van der Waals surface area contributed by atoms with Gasteiger partial charge in [0.25, 0.3) is 5.91 Å². The number of nitrogens with two attached hydrogens (primary N) is 1. The van der Waals surface area contributed by atoms with Crippen LogP contribution >= 0.6 is 0 Å². The van der Waals surface area contributed by atoms with E-state index in [4.69, 9.17) is 10.8 Å². The second-order valence-corrected chi connectivity index (χ2v) is 3.64. The number of carbonyl (C=O) groups excluding carboxylic acids is 1. The zero-order chi connectivity index (χ0) is 11.0. The predicted octanol–water partition coefficient (Wildman–Crippen LogP) is -0.209. The SMILES string of the molecule is Nc1ccc(O)cc1C(=O)N1CC(O)C1. The average Bonchev–Trinajstić information content (AvgIpc) is 2.16. The van der Waals surface area contributed by atoms with Gasteiger partial charge >= 0.3 is 0 Å². The van der Waals surface area contributed by atoms with Gasteiger partial charge in [-0.2, -0.15) is 0 Å². The van der Waals surface area contributed by atoms with Gasteiger partial charge in [-0.25, -0.2) is 0 Å². The number of phenols is 1. The first-order valence-corrected chi connectivity index (χ1v) is 4.64. The minimum atomic E-state index is -0.438. The molecule has 1 aromatic rings. The lowest BCUT2D eigenvalue weighted by Crippen LogP contribution is -2.53. The van der Waals surface area contributed by atoms with E-state index in [1.807, 2.05) is 0 Å².